The van der Waals surface area contributed by atoms with Crippen LogP contribution >= 0.6 is 0 Å². The molecular formula is H6Li6. The van der Waals surface area contributed by atoms with Gasteiger partial charge >= 0.3 is 113 Å². The van der Waals surface area contributed by atoms with E-state index in [9.17, 15) is 0 Å². The monoisotopic (exact) mass is 48.1 g/mol. The molecule has 0 spiro atoms. The molecule has 6 heavy (non-hydrogen) atoms. The third-order valence-electron chi connectivity index (χ3n) is 0. The fraction of sp³-hybridized carbons (Fsp3) is 0. The van der Waals surface area contributed by atoms with E-state index < -0.39 is 0 Å². The van der Waals surface area contributed by atoms with Gasteiger partial charge in [0.25, 0.3) is 0 Å². The first-order valence-corrected chi connectivity index (χ1v) is 0. The molecule has 12 valence electrons. The fourth-order valence-electron chi connectivity index (χ4n) is 0. The van der Waals surface area contributed by atoms with Gasteiger partial charge in [0.1, 0.15) is 0 Å². The molecule has 6 heteroatoms. The van der Waals surface area contributed by atoms with E-state index in [1.54, 1.807) is 0 Å². The van der Waals surface area contributed by atoms with Crippen LogP contribution in [0.15, 0.2) is 0 Å². The number of hydrogen-bond donors (Lipinski definition) is 0. The van der Waals surface area contributed by atoms with Crippen molar-refractivity contribution < 1.29 is 0 Å². The van der Waals surface area contributed by atoms with E-state index in [0.717, 1.165) is 0 Å². The maximum atomic E-state index is 0. The predicted molar refractivity (Wildman–Crippen MR) is 42.9 cm³/mol. The summed E-state index contributed by atoms with van der Waals surface area (Å²) in [4.78, 5) is 0. The molecule has 0 N–H and O–H groups in total. The first-order chi connectivity index (χ1) is 0. The molecular weight excluding hydrogens is 41.6 g/mol. The van der Waals surface area contributed by atoms with Crippen LogP contribution in [-0.2, 0) is 0 Å². The Morgan fingerprint density at radius 2 is 0.167 bits per heavy atom. The zero-order valence-corrected chi connectivity index (χ0v) is 0. The van der Waals surface area contributed by atoms with E-state index in [4.69, 9.17) is 0 Å². The minimum absolute atomic E-state index is 0. The van der Waals surface area contributed by atoms with Gasteiger partial charge in [-0.05, 0) is 0 Å². The molecule has 0 aromatic heterocycles. The minimum atomic E-state index is 0. The Kier molecular flexibility index (Phi) is 352. The summed E-state index contributed by atoms with van der Waals surface area (Å²) in [5, 5.41) is 0. The normalized spacial score (nSPS) is 0. The van der Waals surface area contributed by atoms with Gasteiger partial charge in [0.2, 0.25) is 0 Å². The summed E-state index contributed by atoms with van der Waals surface area (Å²) in [6.07, 6.45) is 0. The summed E-state index contributed by atoms with van der Waals surface area (Å²) in [6, 6.07) is 0. The van der Waals surface area contributed by atoms with Crippen LogP contribution in [0.4, 0.5) is 0 Å². The van der Waals surface area contributed by atoms with Crippen molar-refractivity contribution in [2.75, 3.05) is 0 Å². The van der Waals surface area contributed by atoms with Crippen molar-refractivity contribution in [1.82, 2.24) is 0 Å². The Morgan fingerprint density at radius 3 is 0.167 bits per heavy atom. The van der Waals surface area contributed by atoms with Crippen molar-refractivity contribution in [2.45, 2.75) is 0 Å². The number of hydrogen-bond acceptors (Lipinski definition) is 0. The predicted octanol–water partition coefficient (Wildman–Crippen LogP) is -3.89. The Bertz CT molecular complexity index is 0. The Morgan fingerprint density at radius 1 is 0.167 bits per heavy atom. The second kappa shape index (κ2) is 38.4. The van der Waals surface area contributed by atoms with Gasteiger partial charge in [-0.15, -0.1) is 0 Å². The molecule has 0 bridgehead atoms. The van der Waals surface area contributed by atoms with Crippen LogP contribution in [0.5, 0.6) is 0 Å². The summed E-state index contributed by atoms with van der Waals surface area (Å²) in [6.45, 7) is 0. The first kappa shape index (κ1) is 55.0. The Hall–Kier alpha value is 3.58. The van der Waals surface area contributed by atoms with Crippen LogP contribution in [0.1, 0.15) is 0 Å². The zero-order chi connectivity index (χ0) is 0. The van der Waals surface area contributed by atoms with E-state index in [0.29, 0.717) is 0 Å². The van der Waals surface area contributed by atoms with Crippen LogP contribution < -0.4 is 0 Å². The van der Waals surface area contributed by atoms with Crippen LogP contribution in [-0.4, -0.2) is 113 Å². The first-order valence-electron chi connectivity index (χ1n) is 0. The fourth-order valence-corrected chi connectivity index (χ4v) is 0. The van der Waals surface area contributed by atoms with Crippen LogP contribution in [0.2, 0.25) is 0 Å². The molecule has 0 fully saturated rings. The summed E-state index contributed by atoms with van der Waals surface area (Å²) >= 11 is 0. The molecule has 0 nitrogen and oxygen atoms in total. The molecule has 0 saturated carbocycles. The van der Waals surface area contributed by atoms with Crippen molar-refractivity contribution in [3.8, 4) is 0 Å². The molecule has 0 rings (SSSR count). The molecule has 0 aliphatic heterocycles. The van der Waals surface area contributed by atoms with Gasteiger partial charge in [0.15, 0.2) is 0 Å². The second-order valence-electron chi connectivity index (χ2n) is 0. The van der Waals surface area contributed by atoms with E-state index >= 15 is 0 Å². The molecule has 0 radical (unpaired) electrons. The van der Waals surface area contributed by atoms with Crippen molar-refractivity contribution in [1.29, 1.82) is 0 Å². The average Bonchev–Trinajstić information content (AvgIpc) is 0. The summed E-state index contributed by atoms with van der Waals surface area (Å²) in [5.74, 6) is 0. The summed E-state index contributed by atoms with van der Waals surface area (Å²) in [5.41, 5.74) is 0. The zero-order valence-electron chi connectivity index (χ0n) is 0. The van der Waals surface area contributed by atoms with Gasteiger partial charge in [0, 0.05) is 0 Å². The summed E-state index contributed by atoms with van der Waals surface area (Å²) in [7, 11) is 0. The maximum absolute atomic E-state index is 0. The second-order valence-corrected chi connectivity index (χ2v) is 0. The van der Waals surface area contributed by atoms with Gasteiger partial charge in [-0.25, -0.2) is 0 Å². The Balaban J connectivity index is 0. The van der Waals surface area contributed by atoms with Crippen molar-refractivity contribution in [3.05, 3.63) is 0 Å². The van der Waals surface area contributed by atoms with Crippen LogP contribution in [0, 0.1) is 0 Å². The third kappa shape index (κ3) is 25.6. The molecule has 0 aliphatic rings. The van der Waals surface area contributed by atoms with Crippen molar-refractivity contribution in [3.63, 3.8) is 0 Å². The molecule has 0 amide bonds. The standard InChI is InChI=1S/6Li.6H. The number of rotatable bonds is 0. The van der Waals surface area contributed by atoms with Crippen molar-refractivity contribution >= 4 is 113 Å². The molecule has 0 aromatic rings. The molecule has 0 unspecified atom stereocenters. The molecule has 0 aromatic carbocycles. The van der Waals surface area contributed by atoms with Gasteiger partial charge in [0.05, 0.1) is 0 Å². The molecule has 0 aliphatic carbocycles. The van der Waals surface area contributed by atoms with E-state index in [1.165, 1.54) is 0 Å². The summed E-state index contributed by atoms with van der Waals surface area (Å²) < 4.78 is 0. The topological polar surface area (TPSA) is 0 Å². The Labute approximate surface area is 111 Å². The molecule has 0 saturated heterocycles. The van der Waals surface area contributed by atoms with Gasteiger partial charge < -0.3 is 0 Å². The van der Waals surface area contributed by atoms with Gasteiger partial charge in [-0.1, -0.05) is 0 Å². The van der Waals surface area contributed by atoms with Crippen molar-refractivity contribution in [2.24, 2.45) is 0 Å². The van der Waals surface area contributed by atoms with Gasteiger partial charge in [-0.2, -0.15) is 0 Å². The quantitative estimate of drug-likeness (QED) is 0.245. The van der Waals surface area contributed by atoms with Gasteiger partial charge in [-0.3, -0.25) is 0 Å². The SMILES string of the molecule is [LiH].[LiH].[LiH].[LiH].[LiH].[LiH]. The third-order valence-corrected chi connectivity index (χ3v) is 0. The van der Waals surface area contributed by atoms with E-state index in [1.807, 2.05) is 0 Å². The van der Waals surface area contributed by atoms with E-state index in [2.05, 4.69) is 0 Å². The molecule has 0 heterocycles. The van der Waals surface area contributed by atoms with Crippen LogP contribution in [0.25, 0.3) is 0 Å². The van der Waals surface area contributed by atoms with Crippen LogP contribution in [0.3, 0.4) is 0 Å². The van der Waals surface area contributed by atoms with E-state index in [-0.39, 0.29) is 113 Å². The molecule has 0 atom stereocenters. The average molecular weight is 47.7 g/mol.